The Labute approximate surface area is 118 Å². The summed E-state index contributed by atoms with van der Waals surface area (Å²) in [5.41, 5.74) is 7.01. The molecular formula is C14H21N5O. The van der Waals surface area contributed by atoms with Crippen LogP contribution in [-0.2, 0) is 6.54 Å². The molecular weight excluding hydrogens is 254 g/mol. The number of aromatic nitrogens is 3. The quantitative estimate of drug-likeness (QED) is 0.751. The number of hydrogen-bond acceptors (Lipinski definition) is 5. The molecule has 6 heteroatoms. The number of hydrogen-bond donors (Lipinski definition) is 3. The Morgan fingerprint density at radius 3 is 2.60 bits per heavy atom. The van der Waals surface area contributed by atoms with Gasteiger partial charge in [0.25, 0.3) is 0 Å². The van der Waals surface area contributed by atoms with Gasteiger partial charge in [-0.15, -0.1) is 0 Å². The molecule has 0 aliphatic rings. The lowest BCUT2D eigenvalue weighted by molar-refractivity contribution is 0.415. The van der Waals surface area contributed by atoms with E-state index < -0.39 is 0 Å². The Bertz CT molecular complexity index is 535. The summed E-state index contributed by atoms with van der Waals surface area (Å²) in [6.07, 6.45) is 0. The molecule has 108 valence electrons. The number of H-pyrrole nitrogens is 1. The summed E-state index contributed by atoms with van der Waals surface area (Å²) in [5.74, 6) is 2.58. The number of ether oxygens (including phenoxy) is 1. The molecule has 6 nitrogen and oxygen atoms in total. The van der Waals surface area contributed by atoms with E-state index in [1.807, 2.05) is 24.3 Å². The zero-order valence-corrected chi connectivity index (χ0v) is 12.1. The first-order valence-electron chi connectivity index (χ1n) is 6.65. The first-order chi connectivity index (χ1) is 9.60. The van der Waals surface area contributed by atoms with Gasteiger partial charge in [-0.05, 0) is 30.2 Å². The van der Waals surface area contributed by atoms with Gasteiger partial charge in [0.1, 0.15) is 11.6 Å². The molecule has 0 spiro atoms. The molecule has 1 heterocycles. The Morgan fingerprint density at radius 2 is 2.00 bits per heavy atom. The van der Waals surface area contributed by atoms with Gasteiger partial charge in [0.15, 0.2) is 5.82 Å². The van der Waals surface area contributed by atoms with Gasteiger partial charge in [-0.1, -0.05) is 13.8 Å². The lowest BCUT2D eigenvalue weighted by atomic mass is 10.1. The Balaban J connectivity index is 1.93. The van der Waals surface area contributed by atoms with Crippen molar-refractivity contribution in [3.8, 4) is 5.75 Å². The largest absolute Gasteiger partial charge is 0.497 e. The molecule has 0 saturated heterocycles. The second kappa shape index (κ2) is 6.38. The van der Waals surface area contributed by atoms with Crippen molar-refractivity contribution in [1.29, 1.82) is 0 Å². The lowest BCUT2D eigenvalue weighted by Crippen LogP contribution is -2.18. The monoisotopic (exact) mass is 275 g/mol. The zero-order valence-electron chi connectivity index (χ0n) is 12.1. The van der Waals surface area contributed by atoms with E-state index in [2.05, 4.69) is 34.3 Å². The minimum Gasteiger partial charge on any atom is -0.497 e. The highest BCUT2D eigenvalue weighted by atomic mass is 16.5. The maximum Gasteiger partial charge on any atom is 0.167 e. The van der Waals surface area contributed by atoms with Crippen LogP contribution in [0.25, 0.3) is 0 Å². The van der Waals surface area contributed by atoms with E-state index in [4.69, 9.17) is 10.5 Å². The highest BCUT2D eigenvalue weighted by Crippen LogP contribution is 2.16. The number of nitrogens with two attached hydrogens (primary N) is 1. The number of nitrogens with one attached hydrogen (secondary N) is 2. The van der Waals surface area contributed by atoms with E-state index in [1.54, 1.807) is 7.11 Å². The third-order valence-electron chi connectivity index (χ3n) is 3.12. The van der Waals surface area contributed by atoms with E-state index >= 15 is 0 Å². The smallest absolute Gasteiger partial charge is 0.167 e. The summed E-state index contributed by atoms with van der Waals surface area (Å²) in [5, 5.41) is 10.3. The maximum absolute atomic E-state index is 6.01. The van der Waals surface area contributed by atoms with Crippen LogP contribution in [0.2, 0.25) is 0 Å². The molecule has 0 amide bonds. The summed E-state index contributed by atoms with van der Waals surface area (Å²) in [6, 6.07) is 7.58. The third-order valence-corrected chi connectivity index (χ3v) is 3.12. The summed E-state index contributed by atoms with van der Waals surface area (Å²) < 4.78 is 5.11. The minimum atomic E-state index is -0.138. The van der Waals surface area contributed by atoms with Gasteiger partial charge >= 0.3 is 0 Å². The van der Waals surface area contributed by atoms with Gasteiger partial charge in [-0.3, -0.25) is 5.10 Å². The minimum absolute atomic E-state index is 0.138. The molecule has 0 radical (unpaired) electrons. The zero-order chi connectivity index (χ0) is 14.5. The normalized spacial score (nSPS) is 12.4. The van der Waals surface area contributed by atoms with Crippen molar-refractivity contribution in [3.05, 3.63) is 35.9 Å². The predicted molar refractivity (Wildman–Crippen MR) is 78.5 cm³/mol. The molecule has 4 N–H and O–H groups in total. The molecule has 0 saturated carbocycles. The summed E-state index contributed by atoms with van der Waals surface area (Å²) >= 11 is 0. The Morgan fingerprint density at radius 1 is 1.30 bits per heavy atom. The number of rotatable bonds is 6. The van der Waals surface area contributed by atoms with E-state index in [0.29, 0.717) is 18.3 Å². The number of nitrogens with zero attached hydrogens (tertiary/aromatic N) is 2. The predicted octanol–water partition coefficient (Wildman–Crippen LogP) is 2.08. The van der Waals surface area contributed by atoms with Crippen LogP contribution in [0.15, 0.2) is 24.3 Å². The SMILES string of the molecule is COc1ccc(NCc2nc([C@H](N)C(C)C)n[nH]2)cc1. The second-order valence-electron chi connectivity index (χ2n) is 4.99. The van der Waals surface area contributed by atoms with Crippen LogP contribution in [0.5, 0.6) is 5.75 Å². The fourth-order valence-corrected chi connectivity index (χ4v) is 1.73. The number of methoxy groups -OCH3 is 1. The summed E-state index contributed by atoms with van der Waals surface area (Å²) in [7, 11) is 1.65. The van der Waals surface area contributed by atoms with E-state index in [0.717, 1.165) is 17.3 Å². The number of anilines is 1. The first-order valence-corrected chi connectivity index (χ1v) is 6.65. The first kappa shape index (κ1) is 14.3. The topological polar surface area (TPSA) is 88.8 Å². The van der Waals surface area contributed by atoms with Crippen LogP contribution in [0.4, 0.5) is 5.69 Å². The Kier molecular flexibility index (Phi) is 4.57. The van der Waals surface area contributed by atoms with Crippen molar-refractivity contribution in [2.45, 2.75) is 26.4 Å². The molecule has 0 aliphatic carbocycles. The molecule has 0 unspecified atom stereocenters. The van der Waals surface area contributed by atoms with Crippen LogP contribution in [-0.4, -0.2) is 22.3 Å². The molecule has 2 rings (SSSR count). The van der Waals surface area contributed by atoms with Gasteiger partial charge in [0.2, 0.25) is 0 Å². The molecule has 1 aromatic heterocycles. The van der Waals surface area contributed by atoms with Crippen LogP contribution < -0.4 is 15.8 Å². The van der Waals surface area contributed by atoms with Gasteiger partial charge in [-0.25, -0.2) is 4.98 Å². The molecule has 0 aliphatic heterocycles. The molecule has 0 bridgehead atoms. The van der Waals surface area contributed by atoms with Crippen molar-refractivity contribution < 1.29 is 4.74 Å². The van der Waals surface area contributed by atoms with Gasteiger partial charge < -0.3 is 15.8 Å². The van der Waals surface area contributed by atoms with Crippen LogP contribution in [0.1, 0.15) is 31.5 Å². The Hall–Kier alpha value is -2.08. The fraction of sp³-hybridized carbons (Fsp3) is 0.429. The van der Waals surface area contributed by atoms with Crippen molar-refractivity contribution in [3.63, 3.8) is 0 Å². The van der Waals surface area contributed by atoms with Gasteiger partial charge in [-0.2, -0.15) is 5.10 Å². The number of benzene rings is 1. The van der Waals surface area contributed by atoms with Crippen molar-refractivity contribution in [2.75, 3.05) is 12.4 Å². The average molecular weight is 275 g/mol. The van der Waals surface area contributed by atoms with Crippen molar-refractivity contribution in [1.82, 2.24) is 15.2 Å². The molecule has 2 aromatic rings. The molecule has 20 heavy (non-hydrogen) atoms. The van der Waals surface area contributed by atoms with Gasteiger partial charge in [0.05, 0.1) is 19.7 Å². The van der Waals surface area contributed by atoms with Crippen LogP contribution >= 0.6 is 0 Å². The van der Waals surface area contributed by atoms with Crippen molar-refractivity contribution in [2.24, 2.45) is 11.7 Å². The van der Waals surface area contributed by atoms with Crippen LogP contribution in [0, 0.1) is 5.92 Å². The highest BCUT2D eigenvalue weighted by Gasteiger charge is 2.15. The van der Waals surface area contributed by atoms with E-state index in [1.165, 1.54) is 0 Å². The van der Waals surface area contributed by atoms with Gasteiger partial charge in [0, 0.05) is 5.69 Å². The van der Waals surface area contributed by atoms with E-state index in [9.17, 15) is 0 Å². The summed E-state index contributed by atoms with van der Waals surface area (Å²) in [4.78, 5) is 4.40. The lowest BCUT2D eigenvalue weighted by Gasteiger charge is -2.10. The molecule has 1 atom stereocenters. The molecule has 1 aromatic carbocycles. The van der Waals surface area contributed by atoms with E-state index in [-0.39, 0.29) is 6.04 Å². The standard InChI is InChI=1S/C14H21N5O/c1-9(2)13(15)14-17-12(18-19-14)8-16-10-4-6-11(20-3)7-5-10/h4-7,9,13,16H,8,15H2,1-3H3,(H,17,18,19)/t13-/m1/s1. The number of aromatic amines is 1. The summed E-state index contributed by atoms with van der Waals surface area (Å²) in [6.45, 7) is 4.68. The fourth-order valence-electron chi connectivity index (χ4n) is 1.73. The second-order valence-corrected chi connectivity index (χ2v) is 4.99. The van der Waals surface area contributed by atoms with Crippen LogP contribution in [0.3, 0.4) is 0 Å². The maximum atomic E-state index is 6.01. The van der Waals surface area contributed by atoms with Crippen molar-refractivity contribution >= 4 is 5.69 Å². The highest BCUT2D eigenvalue weighted by molar-refractivity contribution is 5.46. The third kappa shape index (κ3) is 3.48. The molecule has 0 fully saturated rings. The average Bonchev–Trinajstić information content (AvgIpc) is 2.93.